The third kappa shape index (κ3) is 9.18. The normalized spacial score (nSPS) is 14.6. The van der Waals surface area contributed by atoms with Crippen LogP contribution in [0.5, 0.6) is 0 Å². The SMILES string of the molecule is CCCCCCCC[C@@H](C)CCO[Si](C)(C)C(C)(C)C. The monoisotopic (exact) mass is 300 g/mol. The summed E-state index contributed by atoms with van der Waals surface area (Å²) in [7, 11) is -1.52. The molecule has 0 spiro atoms. The lowest BCUT2D eigenvalue weighted by Gasteiger charge is -2.36. The van der Waals surface area contributed by atoms with Crippen LogP contribution in [0.1, 0.15) is 86.0 Å². The third-order valence-electron chi connectivity index (χ3n) is 4.93. The van der Waals surface area contributed by atoms with Crippen molar-refractivity contribution in [3.05, 3.63) is 0 Å². The van der Waals surface area contributed by atoms with Gasteiger partial charge in [0.25, 0.3) is 0 Å². The Labute approximate surface area is 130 Å². The van der Waals surface area contributed by atoms with E-state index in [2.05, 4.69) is 47.7 Å². The van der Waals surface area contributed by atoms with Gasteiger partial charge in [0.05, 0.1) is 0 Å². The average Bonchev–Trinajstić information content (AvgIpc) is 2.32. The first-order valence-electron chi connectivity index (χ1n) is 8.84. The lowest BCUT2D eigenvalue weighted by Crippen LogP contribution is -2.41. The third-order valence-corrected chi connectivity index (χ3v) is 9.47. The first-order valence-corrected chi connectivity index (χ1v) is 11.8. The maximum atomic E-state index is 6.26. The van der Waals surface area contributed by atoms with E-state index < -0.39 is 8.32 Å². The van der Waals surface area contributed by atoms with E-state index in [-0.39, 0.29) is 0 Å². The Hall–Kier alpha value is 0.177. The molecule has 0 unspecified atom stereocenters. The average molecular weight is 301 g/mol. The van der Waals surface area contributed by atoms with Gasteiger partial charge in [0, 0.05) is 6.61 Å². The van der Waals surface area contributed by atoms with Crippen LogP contribution in [-0.4, -0.2) is 14.9 Å². The molecule has 0 aromatic carbocycles. The van der Waals surface area contributed by atoms with Crippen molar-refractivity contribution < 1.29 is 4.43 Å². The summed E-state index contributed by atoms with van der Waals surface area (Å²) in [6.07, 6.45) is 11.1. The highest BCUT2D eigenvalue weighted by Gasteiger charge is 2.36. The van der Waals surface area contributed by atoms with E-state index in [0.717, 1.165) is 12.5 Å². The van der Waals surface area contributed by atoms with E-state index in [1.807, 2.05) is 0 Å². The van der Waals surface area contributed by atoms with Gasteiger partial charge in [-0.05, 0) is 30.5 Å². The molecule has 0 fully saturated rings. The molecule has 0 saturated carbocycles. The predicted molar refractivity (Wildman–Crippen MR) is 94.9 cm³/mol. The van der Waals surface area contributed by atoms with Crippen molar-refractivity contribution in [3.8, 4) is 0 Å². The van der Waals surface area contributed by atoms with Gasteiger partial charge in [0.2, 0.25) is 0 Å². The zero-order valence-corrected chi connectivity index (χ0v) is 16.3. The first-order chi connectivity index (χ1) is 9.20. The van der Waals surface area contributed by atoms with Gasteiger partial charge >= 0.3 is 0 Å². The van der Waals surface area contributed by atoms with Gasteiger partial charge in [-0.1, -0.05) is 79.6 Å². The summed E-state index contributed by atoms with van der Waals surface area (Å²) in [5, 5.41) is 0.343. The van der Waals surface area contributed by atoms with Gasteiger partial charge in [-0.3, -0.25) is 0 Å². The van der Waals surface area contributed by atoms with Crippen LogP contribution in [0.15, 0.2) is 0 Å². The number of rotatable bonds is 11. The smallest absolute Gasteiger partial charge is 0.191 e. The Morgan fingerprint density at radius 3 is 2.00 bits per heavy atom. The zero-order valence-electron chi connectivity index (χ0n) is 15.3. The van der Waals surface area contributed by atoms with Gasteiger partial charge in [0.15, 0.2) is 8.32 Å². The predicted octanol–water partition coefficient (Wildman–Crippen LogP) is 6.79. The molecule has 0 saturated heterocycles. The Kier molecular flexibility index (Phi) is 10.1. The fraction of sp³-hybridized carbons (Fsp3) is 1.00. The van der Waals surface area contributed by atoms with E-state index in [1.165, 1.54) is 51.4 Å². The minimum Gasteiger partial charge on any atom is -0.417 e. The molecular formula is C18H40OSi. The van der Waals surface area contributed by atoms with Gasteiger partial charge in [-0.15, -0.1) is 0 Å². The largest absolute Gasteiger partial charge is 0.417 e. The molecule has 1 nitrogen and oxygen atoms in total. The van der Waals surface area contributed by atoms with Gasteiger partial charge in [-0.2, -0.15) is 0 Å². The number of hydrogen-bond donors (Lipinski definition) is 0. The lowest BCUT2D eigenvalue weighted by molar-refractivity contribution is 0.254. The highest BCUT2D eigenvalue weighted by atomic mass is 28.4. The lowest BCUT2D eigenvalue weighted by atomic mass is 9.99. The molecule has 0 rings (SSSR count). The van der Waals surface area contributed by atoms with Gasteiger partial charge < -0.3 is 4.43 Å². The van der Waals surface area contributed by atoms with Crippen molar-refractivity contribution in [2.45, 2.75) is 104 Å². The van der Waals surface area contributed by atoms with Crippen LogP contribution >= 0.6 is 0 Å². The molecule has 0 aromatic rings. The summed E-state index contributed by atoms with van der Waals surface area (Å²) < 4.78 is 6.26. The fourth-order valence-corrected chi connectivity index (χ4v) is 3.21. The van der Waals surface area contributed by atoms with E-state index in [9.17, 15) is 0 Å². The molecule has 20 heavy (non-hydrogen) atoms. The number of unbranched alkanes of at least 4 members (excludes halogenated alkanes) is 5. The maximum absolute atomic E-state index is 6.26. The van der Waals surface area contributed by atoms with Gasteiger partial charge in [0.1, 0.15) is 0 Å². The molecule has 0 aliphatic carbocycles. The summed E-state index contributed by atoms with van der Waals surface area (Å²) in [6, 6.07) is 0. The second kappa shape index (κ2) is 10.00. The Bertz CT molecular complexity index is 230. The van der Waals surface area contributed by atoms with Crippen LogP contribution in [0, 0.1) is 5.92 Å². The van der Waals surface area contributed by atoms with Crippen LogP contribution < -0.4 is 0 Å². The van der Waals surface area contributed by atoms with E-state index >= 15 is 0 Å². The van der Waals surface area contributed by atoms with Crippen molar-refractivity contribution in [2.75, 3.05) is 6.61 Å². The summed E-state index contributed by atoms with van der Waals surface area (Å²) in [5.41, 5.74) is 0. The maximum Gasteiger partial charge on any atom is 0.191 e. The molecule has 0 aromatic heterocycles. The molecule has 0 radical (unpaired) electrons. The molecule has 0 N–H and O–H groups in total. The van der Waals surface area contributed by atoms with Crippen molar-refractivity contribution in [1.29, 1.82) is 0 Å². The molecule has 2 heteroatoms. The minimum absolute atomic E-state index is 0.343. The molecule has 0 amide bonds. The van der Waals surface area contributed by atoms with Crippen molar-refractivity contribution in [3.63, 3.8) is 0 Å². The van der Waals surface area contributed by atoms with Crippen molar-refractivity contribution in [2.24, 2.45) is 5.92 Å². The van der Waals surface area contributed by atoms with Gasteiger partial charge in [-0.25, -0.2) is 0 Å². The van der Waals surface area contributed by atoms with E-state index in [1.54, 1.807) is 0 Å². The quantitative estimate of drug-likeness (QED) is 0.301. The Balaban J connectivity index is 3.61. The molecular weight excluding hydrogens is 260 g/mol. The van der Waals surface area contributed by atoms with Crippen LogP contribution in [-0.2, 0) is 4.43 Å². The summed E-state index contributed by atoms with van der Waals surface area (Å²) in [5.74, 6) is 0.825. The Morgan fingerprint density at radius 2 is 1.45 bits per heavy atom. The van der Waals surface area contributed by atoms with Crippen molar-refractivity contribution in [1.82, 2.24) is 0 Å². The van der Waals surface area contributed by atoms with E-state index in [4.69, 9.17) is 4.43 Å². The molecule has 0 heterocycles. The van der Waals surface area contributed by atoms with Crippen LogP contribution in [0.25, 0.3) is 0 Å². The highest BCUT2D eigenvalue weighted by molar-refractivity contribution is 6.74. The molecule has 1 atom stereocenters. The summed E-state index contributed by atoms with van der Waals surface area (Å²) >= 11 is 0. The van der Waals surface area contributed by atoms with Crippen LogP contribution in [0.4, 0.5) is 0 Å². The zero-order chi connectivity index (χ0) is 15.6. The molecule has 0 bridgehead atoms. The second-order valence-electron chi connectivity index (χ2n) is 8.06. The second-order valence-corrected chi connectivity index (χ2v) is 12.9. The van der Waals surface area contributed by atoms with Crippen LogP contribution in [0.3, 0.4) is 0 Å². The standard InChI is InChI=1S/C18H40OSi/c1-8-9-10-11-12-13-14-17(2)15-16-19-20(6,7)18(3,4)5/h17H,8-16H2,1-7H3/t17-/m1/s1. The molecule has 0 aliphatic rings. The highest BCUT2D eigenvalue weighted by Crippen LogP contribution is 2.36. The summed E-state index contributed by atoms with van der Waals surface area (Å²) in [4.78, 5) is 0. The van der Waals surface area contributed by atoms with Crippen molar-refractivity contribution >= 4 is 8.32 Å². The Morgan fingerprint density at radius 1 is 0.900 bits per heavy atom. The number of hydrogen-bond acceptors (Lipinski definition) is 1. The molecule has 0 aliphatic heterocycles. The van der Waals surface area contributed by atoms with Crippen LogP contribution in [0.2, 0.25) is 18.1 Å². The summed E-state index contributed by atoms with van der Waals surface area (Å²) in [6.45, 7) is 17.3. The first kappa shape index (κ1) is 20.2. The van der Waals surface area contributed by atoms with E-state index in [0.29, 0.717) is 5.04 Å². The minimum atomic E-state index is -1.52. The fourth-order valence-electron chi connectivity index (χ4n) is 2.15. The topological polar surface area (TPSA) is 9.23 Å². The molecule has 122 valence electrons.